The highest BCUT2D eigenvalue weighted by Gasteiger charge is 2.00. The summed E-state index contributed by atoms with van der Waals surface area (Å²) in [6.07, 6.45) is 13.3. The van der Waals surface area contributed by atoms with E-state index in [1.807, 2.05) is 12.4 Å². The molecule has 0 spiro atoms. The van der Waals surface area contributed by atoms with Crippen LogP contribution in [0.4, 0.5) is 0 Å². The second-order valence-electron chi connectivity index (χ2n) is 5.83. The maximum Gasteiger partial charge on any atom is 0.0958 e. The van der Waals surface area contributed by atoms with E-state index in [0.717, 1.165) is 18.5 Å². The molecule has 1 aromatic heterocycles. The van der Waals surface area contributed by atoms with Crippen molar-refractivity contribution in [3.05, 3.63) is 30.6 Å². The minimum absolute atomic E-state index is 0.350. The van der Waals surface area contributed by atoms with Crippen molar-refractivity contribution in [1.82, 2.24) is 9.55 Å². The van der Waals surface area contributed by atoms with Crippen molar-refractivity contribution in [2.75, 3.05) is 6.61 Å². The van der Waals surface area contributed by atoms with Gasteiger partial charge in [0.2, 0.25) is 0 Å². The quantitative estimate of drug-likeness (QED) is 0.616. The van der Waals surface area contributed by atoms with Gasteiger partial charge >= 0.3 is 0 Å². The number of nitrogens with zero attached hydrogens (tertiary/aromatic N) is 2. The summed E-state index contributed by atoms with van der Waals surface area (Å²) in [5.74, 6) is 0. The van der Waals surface area contributed by atoms with E-state index in [4.69, 9.17) is 5.11 Å². The fourth-order valence-electron chi connectivity index (χ4n) is 2.82. The van der Waals surface area contributed by atoms with E-state index in [1.54, 1.807) is 0 Å². The van der Waals surface area contributed by atoms with Crippen LogP contribution in [0.2, 0.25) is 0 Å². The van der Waals surface area contributed by atoms with Gasteiger partial charge in [-0.2, -0.15) is 0 Å². The molecular formula is C18H28N2O. The molecule has 0 amide bonds. The summed E-state index contributed by atoms with van der Waals surface area (Å²) in [5, 5.41) is 8.70. The Bertz CT molecular complexity index is 507. The molecule has 0 unspecified atom stereocenters. The first-order chi connectivity index (χ1) is 10.4. The van der Waals surface area contributed by atoms with E-state index in [2.05, 4.69) is 27.8 Å². The van der Waals surface area contributed by atoms with Gasteiger partial charge in [0.25, 0.3) is 0 Å². The minimum Gasteiger partial charge on any atom is -0.396 e. The first-order valence-electron chi connectivity index (χ1n) is 8.42. The van der Waals surface area contributed by atoms with Crippen molar-refractivity contribution in [2.45, 2.75) is 64.3 Å². The molecule has 0 aliphatic rings. The largest absolute Gasteiger partial charge is 0.396 e. The molecular weight excluding hydrogens is 260 g/mol. The molecule has 1 heterocycles. The third kappa shape index (κ3) is 5.50. The number of aliphatic hydroxyl groups excluding tert-OH is 1. The van der Waals surface area contributed by atoms with Gasteiger partial charge in [0.1, 0.15) is 0 Å². The van der Waals surface area contributed by atoms with Gasteiger partial charge in [0.05, 0.1) is 17.4 Å². The third-order valence-corrected chi connectivity index (χ3v) is 4.08. The predicted molar refractivity (Wildman–Crippen MR) is 88.4 cm³/mol. The van der Waals surface area contributed by atoms with Gasteiger partial charge in [-0.25, -0.2) is 4.98 Å². The molecule has 3 nitrogen and oxygen atoms in total. The molecule has 2 aromatic rings. The fraction of sp³-hybridized carbons (Fsp3) is 0.611. The molecule has 116 valence electrons. The standard InChI is InChI=1S/C18H28N2O/c21-15-11-7-5-3-1-2-4-6-10-14-20-16-19-17-12-8-9-13-18(17)20/h8-9,12-13,16,21H,1-7,10-11,14-15H2. The first kappa shape index (κ1) is 16.0. The maximum absolute atomic E-state index is 8.70. The summed E-state index contributed by atoms with van der Waals surface area (Å²) in [7, 11) is 0. The Morgan fingerprint density at radius 3 is 2.14 bits per heavy atom. The number of fused-ring (bicyclic) bond motifs is 1. The van der Waals surface area contributed by atoms with E-state index < -0.39 is 0 Å². The lowest BCUT2D eigenvalue weighted by Crippen LogP contribution is -1.95. The molecule has 0 fully saturated rings. The number of aromatic nitrogens is 2. The van der Waals surface area contributed by atoms with Crippen LogP contribution < -0.4 is 0 Å². The van der Waals surface area contributed by atoms with E-state index in [1.165, 1.54) is 56.9 Å². The van der Waals surface area contributed by atoms with Crippen LogP contribution >= 0.6 is 0 Å². The lowest BCUT2D eigenvalue weighted by atomic mass is 10.1. The molecule has 0 atom stereocenters. The van der Waals surface area contributed by atoms with Crippen LogP contribution in [0.25, 0.3) is 11.0 Å². The molecule has 2 rings (SSSR count). The lowest BCUT2D eigenvalue weighted by molar-refractivity contribution is 0.282. The number of aliphatic hydroxyl groups is 1. The van der Waals surface area contributed by atoms with Crippen LogP contribution in [0.5, 0.6) is 0 Å². The summed E-state index contributed by atoms with van der Waals surface area (Å²) < 4.78 is 2.27. The molecule has 0 bridgehead atoms. The molecule has 1 N–H and O–H groups in total. The van der Waals surface area contributed by atoms with Gasteiger partial charge in [0.15, 0.2) is 0 Å². The van der Waals surface area contributed by atoms with Crippen molar-refractivity contribution in [3.8, 4) is 0 Å². The number of benzene rings is 1. The minimum atomic E-state index is 0.350. The average Bonchev–Trinajstić information content (AvgIpc) is 2.92. The van der Waals surface area contributed by atoms with Crippen molar-refractivity contribution >= 4 is 11.0 Å². The molecule has 0 radical (unpaired) electrons. The van der Waals surface area contributed by atoms with Crippen molar-refractivity contribution in [2.24, 2.45) is 0 Å². The lowest BCUT2D eigenvalue weighted by Gasteiger charge is -2.04. The smallest absolute Gasteiger partial charge is 0.0958 e. The molecule has 0 saturated heterocycles. The van der Waals surface area contributed by atoms with Crippen LogP contribution in [0.3, 0.4) is 0 Å². The van der Waals surface area contributed by atoms with Gasteiger partial charge in [-0.1, -0.05) is 57.1 Å². The van der Waals surface area contributed by atoms with Crippen LogP contribution in [0.15, 0.2) is 30.6 Å². The zero-order chi connectivity index (χ0) is 14.8. The molecule has 1 aromatic carbocycles. The number of imidazole rings is 1. The van der Waals surface area contributed by atoms with E-state index in [9.17, 15) is 0 Å². The Morgan fingerprint density at radius 1 is 0.810 bits per heavy atom. The summed E-state index contributed by atoms with van der Waals surface area (Å²) in [4.78, 5) is 4.43. The summed E-state index contributed by atoms with van der Waals surface area (Å²) in [6.45, 7) is 1.43. The predicted octanol–water partition coefficient (Wildman–Crippen LogP) is 4.54. The van der Waals surface area contributed by atoms with Gasteiger partial charge in [0, 0.05) is 13.2 Å². The summed E-state index contributed by atoms with van der Waals surface area (Å²) >= 11 is 0. The molecule has 0 aliphatic carbocycles. The van der Waals surface area contributed by atoms with Gasteiger partial charge in [-0.3, -0.25) is 0 Å². The van der Waals surface area contributed by atoms with Crippen LogP contribution in [-0.4, -0.2) is 21.3 Å². The highest BCUT2D eigenvalue weighted by Crippen LogP contribution is 2.14. The number of aryl methyl sites for hydroxylation is 1. The van der Waals surface area contributed by atoms with Gasteiger partial charge in [-0.05, 0) is 25.0 Å². The summed E-state index contributed by atoms with van der Waals surface area (Å²) in [5.41, 5.74) is 2.35. The van der Waals surface area contributed by atoms with Crippen LogP contribution in [0.1, 0.15) is 57.8 Å². The number of hydrogen-bond donors (Lipinski definition) is 1. The topological polar surface area (TPSA) is 38.0 Å². The Balaban J connectivity index is 1.52. The third-order valence-electron chi connectivity index (χ3n) is 4.08. The van der Waals surface area contributed by atoms with E-state index in [-0.39, 0.29) is 0 Å². The first-order valence-corrected chi connectivity index (χ1v) is 8.42. The van der Waals surface area contributed by atoms with Crippen molar-refractivity contribution in [1.29, 1.82) is 0 Å². The van der Waals surface area contributed by atoms with Gasteiger partial charge < -0.3 is 9.67 Å². The Morgan fingerprint density at radius 2 is 1.43 bits per heavy atom. The Kier molecular flexibility index (Phi) is 7.30. The SMILES string of the molecule is OCCCCCCCCCCCn1cnc2ccccc21. The number of unbranched alkanes of at least 4 members (excludes halogenated alkanes) is 8. The monoisotopic (exact) mass is 288 g/mol. The molecule has 0 saturated carbocycles. The van der Waals surface area contributed by atoms with E-state index in [0.29, 0.717) is 6.61 Å². The fourth-order valence-corrected chi connectivity index (χ4v) is 2.82. The normalized spacial score (nSPS) is 11.3. The van der Waals surface area contributed by atoms with E-state index >= 15 is 0 Å². The van der Waals surface area contributed by atoms with Crippen molar-refractivity contribution < 1.29 is 5.11 Å². The molecule has 0 aliphatic heterocycles. The zero-order valence-corrected chi connectivity index (χ0v) is 13.0. The molecule has 3 heteroatoms. The van der Waals surface area contributed by atoms with Gasteiger partial charge in [-0.15, -0.1) is 0 Å². The summed E-state index contributed by atoms with van der Waals surface area (Å²) in [6, 6.07) is 8.34. The second-order valence-corrected chi connectivity index (χ2v) is 5.83. The van der Waals surface area contributed by atoms with Crippen molar-refractivity contribution in [3.63, 3.8) is 0 Å². The molecule has 21 heavy (non-hydrogen) atoms. The Hall–Kier alpha value is -1.35. The Labute approximate surface area is 128 Å². The van der Waals surface area contributed by atoms with Crippen LogP contribution in [0, 0.1) is 0 Å². The highest BCUT2D eigenvalue weighted by atomic mass is 16.2. The highest BCUT2D eigenvalue weighted by molar-refractivity contribution is 5.74. The number of para-hydroxylation sites is 2. The number of rotatable bonds is 11. The number of hydrogen-bond acceptors (Lipinski definition) is 2. The van der Waals surface area contributed by atoms with Crippen LogP contribution in [-0.2, 0) is 6.54 Å². The zero-order valence-electron chi connectivity index (χ0n) is 13.0. The second kappa shape index (κ2) is 9.56. The maximum atomic E-state index is 8.70. The average molecular weight is 288 g/mol.